The van der Waals surface area contributed by atoms with Gasteiger partial charge in [0.05, 0.1) is 5.71 Å². The Labute approximate surface area is 183 Å². The smallest absolute Gasteiger partial charge is 0.143 e. The van der Waals surface area contributed by atoms with E-state index in [2.05, 4.69) is 31.8 Å². The Morgan fingerprint density at radius 1 is 1.47 bits per heavy atom. The summed E-state index contributed by atoms with van der Waals surface area (Å²) >= 11 is 1.80. The van der Waals surface area contributed by atoms with Gasteiger partial charge in [-0.15, -0.1) is 6.58 Å². The van der Waals surface area contributed by atoms with Crippen molar-refractivity contribution in [3.8, 4) is 0 Å². The van der Waals surface area contributed by atoms with E-state index in [0.717, 1.165) is 12.1 Å². The first-order valence-corrected chi connectivity index (χ1v) is 11.1. The van der Waals surface area contributed by atoms with Crippen LogP contribution < -0.4 is 0 Å². The fraction of sp³-hybridized carbons (Fsp3) is 0.417. The van der Waals surface area contributed by atoms with Crippen molar-refractivity contribution in [3.63, 3.8) is 0 Å². The number of nitrogens with zero attached hydrogens (tertiary/aromatic N) is 2. The van der Waals surface area contributed by atoms with Crippen LogP contribution >= 0.6 is 11.8 Å². The summed E-state index contributed by atoms with van der Waals surface area (Å²) in [5.74, 6) is -0.117. The molecule has 0 amide bonds. The first-order chi connectivity index (χ1) is 14.2. The van der Waals surface area contributed by atoms with Crippen molar-refractivity contribution in [1.82, 2.24) is 4.90 Å². The highest BCUT2D eigenvalue weighted by Crippen LogP contribution is 2.36. The first kappa shape index (κ1) is 23.9. The molecule has 0 saturated heterocycles. The Morgan fingerprint density at radius 2 is 2.20 bits per heavy atom. The van der Waals surface area contributed by atoms with E-state index in [9.17, 15) is 9.18 Å². The Balaban J connectivity index is 2.15. The quantitative estimate of drug-likeness (QED) is 0.218. The fourth-order valence-electron chi connectivity index (χ4n) is 3.29. The lowest BCUT2D eigenvalue weighted by molar-refractivity contribution is -0.104. The van der Waals surface area contributed by atoms with Crippen molar-refractivity contribution in [3.05, 3.63) is 66.2 Å². The SMILES string of the molecule is C=CC(CC1CC(c2ccc(C(/C=C\N(C)C)=C/C=O)c(F)c2)=NO1)C(C)(C)SC. The standard InChI is InChI=1S/C24H31FN2O2S/c1-7-19(24(2,3)30-6)15-20-16-23(26-29-20)18-8-9-21(22(25)14-18)17(11-13-28)10-12-27(4)5/h7-14,19-20H,1,15-16H2,2-6H3/b12-10-,17-11+. The minimum atomic E-state index is -0.400. The van der Waals surface area contributed by atoms with Gasteiger partial charge in [0.25, 0.3) is 0 Å². The van der Waals surface area contributed by atoms with Gasteiger partial charge in [0.1, 0.15) is 18.2 Å². The molecule has 0 radical (unpaired) electrons. The van der Waals surface area contributed by atoms with Gasteiger partial charge in [0.15, 0.2) is 0 Å². The molecule has 1 aromatic carbocycles. The summed E-state index contributed by atoms with van der Waals surface area (Å²) in [4.78, 5) is 18.4. The average Bonchev–Trinajstić information content (AvgIpc) is 3.18. The van der Waals surface area contributed by atoms with Crippen LogP contribution in [0.3, 0.4) is 0 Å². The lowest BCUT2D eigenvalue weighted by atomic mass is 9.87. The van der Waals surface area contributed by atoms with Crippen LogP contribution in [0.25, 0.3) is 5.57 Å². The van der Waals surface area contributed by atoms with Gasteiger partial charge in [0.2, 0.25) is 0 Å². The van der Waals surface area contributed by atoms with E-state index in [0.29, 0.717) is 29.4 Å². The Bertz CT molecular complexity index is 859. The number of halogens is 1. The molecule has 1 aliphatic heterocycles. The first-order valence-electron chi connectivity index (χ1n) is 9.92. The number of allylic oxidation sites excluding steroid dienone is 4. The summed E-state index contributed by atoms with van der Waals surface area (Å²) in [7, 11) is 3.72. The van der Waals surface area contributed by atoms with Gasteiger partial charge >= 0.3 is 0 Å². The predicted molar refractivity (Wildman–Crippen MR) is 125 cm³/mol. The van der Waals surface area contributed by atoms with Crippen LogP contribution in [-0.2, 0) is 9.63 Å². The Morgan fingerprint density at radius 3 is 2.77 bits per heavy atom. The molecule has 0 spiro atoms. The molecule has 1 aromatic rings. The third-order valence-electron chi connectivity index (χ3n) is 5.37. The van der Waals surface area contributed by atoms with Gasteiger partial charge in [-0.05, 0) is 48.6 Å². The van der Waals surface area contributed by atoms with Crippen LogP contribution in [-0.4, -0.2) is 48.1 Å². The third kappa shape index (κ3) is 6.08. The summed E-state index contributed by atoms with van der Waals surface area (Å²) < 4.78 is 14.9. The zero-order chi connectivity index (χ0) is 22.3. The number of thioether (sulfide) groups is 1. The zero-order valence-electron chi connectivity index (χ0n) is 18.4. The lowest BCUT2D eigenvalue weighted by Crippen LogP contribution is -2.29. The topological polar surface area (TPSA) is 41.9 Å². The number of hydrogen-bond donors (Lipinski definition) is 0. The van der Waals surface area contributed by atoms with E-state index >= 15 is 0 Å². The summed E-state index contributed by atoms with van der Waals surface area (Å²) in [6, 6.07) is 4.96. The molecule has 2 unspecified atom stereocenters. The maximum Gasteiger partial charge on any atom is 0.143 e. The number of oxime groups is 1. The monoisotopic (exact) mass is 430 g/mol. The van der Waals surface area contributed by atoms with Gasteiger partial charge in [-0.2, -0.15) is 11.8 Å². The van der Waals surface area contributed by atoms with Gasteiger partial charge < -0.3 is 9.74 Å². The molecule has 6 heteroatoms. The van der Waals surface area contributed by atoms with Crippen molar-refractivity contribution in [2.24, 2.45) is 11.1 Å². The number of benzene rings is 1. The van der Waals surface area contributed by atoms with Crippen molar-refractivity contribution < 1.29 is 14.0 Å². The second-order valence-electron chi connectivity index (χ2n) is 8.09. The van der Waals surface area contributed by atoms with Crippen LogP contribution in [0.15, 0.2) is 54.4 Å². The molecule has 0 aromatic heterocycles. The fourth-order valence-corrected chi connectivity index (χ4v) is 3.79. The number of carbonyl (C=O) groups is 1. The van der Waals surface area contributed by atoms with E-state index in [-0.39, 0.29) is 16.8 Å². The maximum atomic E-state index is 14.8. The average molecular weight is 431 g/mol. The number of aldehydes is 1. The van der Waals surface area contributed by atoms with Crippen molar-refractivity contribution in [2.45, 2.75) is 37.5 Å². The molecule has 162 valence electrons. The van der Waals surface area contributed by atoms with Gasteiger partial charge in [0, 0.05) is 36.4 Å². The van der Waals surface area contributed by atoms with Crippen LogP contribution in [0, 0.1) is 11.7 Å². The highest BCUT2D eigenvalue weighted by atomic mass is 32.2. The lowest BCUT2D eigenvalue weighted by Gasteiger charge is -2.31. The predicted octanol–water partition coefficient (Wildman–Crippen LogP) is 5.31. The Kier molecular flexibility index (Phi) is 8.47. The second kappa shape index (κ2) is 10.6. The molecule has 0 aliphatic carbocycles. The molecule has 30 heavy (non-hydrogen) atoms. The molecule has 0 saturated carbocycles. The molecule has 1 aliphatic rings. The van der Waals surface area contributed by atoms with Gasteiger partial charge in [-0.25, -0.2) is 4.39 Å². The van der Waals surface area contributed by atoms with Gasteiger partial charge in [-0.3, -0.25) is 4.79 Å². The molecule has 2 rings (SSSR count). The van der Waals surface area contributed by atoms with Crippen LogP contribution in [0.5, 0.6) is 0 Å². The van der Waals surface area contributed by atoms with Crippen LogP contribution in [0.2, 0.25) is 0 Å². The molecule has 4 nitrogen and oxygen atoms in total. The summed E-state index contributed by atoms with van der Waals surface area (Å²) in [5.41, 5.74) is 2.31. The van der Waals surface area contributed by atoms with Crippen molar-refractivity contribution in [1.29, 1.82) is 0 Å². The molecular formula is C24H31FN2O2S. The van der Waals surface area contributed by atoms with Crippen LogP contribution in [0.4, 0.5) is 4.39 Å². The normalized spacial score (nSPS) is 18.1. The van der Waals surface area contributed by atoms with Gasteiger partial charge in [-0.1, -0.05) is 37.2 Å². The number of rotatable bonds is 10. The van der Waals surface area contributed by atoms with E-state index in [4.69, 9.17) is 4.84 Å². The third-order valence-corrected chi connectivity index (χ3v) is 6.72. The largest absolute Gasteiger partial charge is 0.392 e. The second-order valence-corrected chi connectivity index (χ2v) is 9.55. The molecular weight excluding hydrogens is 399 g/mol. The highest BCUT2D eigenvalue weighted by Gasteiger charge is 2.32. The van der Waals surface area contributed by atoms with E-state index < -0.39 is 5.82 Å². The zero-order valence-corrected chi connectivity index (χ0v) is 19.2. The van der Waals surface area contributed by atoms with E-state index in [1.165, 1.54) is 12.1 Å². The Hall–Kier alpha value is -2.34. The van der Waals surface area contributed by atoms with E-state index in [1.54, 1.807) is 30.1 Å². The molecule has 0 N–H and O–H groups in total. The molecule has 0 fully saturated rings. The molecule has 2 atom stereocenters. The minimum absolute atomic E-state index is 0.0503. The molecule has 0 bridgehead atoms. The summed E-state index contributed by atoms with van der Waals surface area (Å²) in [6.45, 7) is 8.38. The summed E-state index contributed by atoms with van der Waals surface area (Å²) in [5, 5.41) is 4.21. The highest BCUT2D eigenvalue weighted by molar-refractivity contribution is 7.99. The van der Waals surface area contributed by atoms with Crippen molar-refractivity contribution in [2.75, 3.05) is 20.4 Å². The maximum absolute atomic E-state index is 14.8. The van der Waals surface area contributed by atoms with Crippen LogP contribution in [0.1, 0.15) is 37.8 Å². The number of carbonyl (C=O) groups excluding carboxylic acids is 1. The minimum Gasteiger partial charge on any atom is -0.392 e. The van der Waals surface area contributed by atoms with Crippen molar-refractivity contribution >= 4 is 29.3 Å². The molecule has 1 heterocycles. The van der Waals surface area contributed by atoms with E-state index in [1.807, 2.05) is 31.1 Å². The number of hydrogen-bond acceptors (Lipinski definition) is 5. The summed E-state index contributed by atoms with van der Waals surface area (Å²) in [6.07, 6.45) is 11.0.